The van der Waals surface area contributed by atoms with Gasteiger partial charge in [-0.05, 0) is 25.7 Å². The Kier molecular flexibility index (Phi) is 13.5. The van der Waals surface area contributed by atoms with Crippen LogP contribution in [0, 0.1) is 0 Å². The molecule has 0 aliphatic rings. The van der Waals surface area contributed by atoms with Crippen LogP contribution in [0.1, 0.15) is 13.8 Å². The van der Waals surface area contributed by atoms with Crippen LogP contribution in [-0.4, -0.2) is 23.4 Å². The second-order valence-corrected chi connectivity index (χ2v) is 1.63. The predicted molar refractivity (Wildman–Crippen MR) is 43.6 cm³/mol. The van der Waals surface area contributed by atoms with Gasteiger partial charge in [0.1, 0.15) is 0 Å². The van der Waals surface area contributed by atoms with Crippen LogP contribution < -0.4 is 11.1 Å². The zero-order valence-corrected chi connectivity index (χ0v) is 6.66. The first-order valence-corrected chi connectivity index (χ1v) is 3.26. The molecule has 0 saturated carbocycles. The number of nitrogens with one attached hydrogen (secondary N) is 1. The van der Waals surface area contributed by atoms with Gasteiger partial charge in [-0.15, -0.1) is 0 Å². The van der Waals surface area contributed by atoms with E-state index >= 15 is 0 Å². The van der Waals surface area contributed by atoms with Gasteiger partial charge in [-0.25, -0.2) is 0 Å². The molecule has 0 radical (unpaired) electrons. The van der Waals surface area contributed by atoms with Gasteiger partial charge in [-0.3, -0.25) is 0 Å². The molecule has 3 nitrogen and oxygen atoms in total. The van der Waals surface area contributed by atoms with E-state index < -0.39 is 0 Å². The first-order valence-electron chi connectivity index (χ1n) is 2.85. The molecule has 4 N–H and O–H groups in total. The SMILES string of the molecule is CCN.CCNC(O)=S. The zero-order chi connectivity index (χ0) is 7.70. The molecule has 4 heteroatoms. The van der Waals surface area contributed by atoms with Gasteiger partial charge < -0.3 is 16.2 Å². The minimum atomic E-state index is -0.127. The highest BCUT2D eigenvalue weighted by molar-refractivity contribution is 7.79. The molecule has 0 amide bonds. The van der Waals surface area contributed by atoms with Gasteiger partial charge in [0, 0.05) is 6.54 Å². The second-order valence-electron chi connectivity index (χ2n) is 1.24. The Labute approximate surface area is 61.2 Å². The van der Waals surface area contributed by atoms with Gasteiger partial charge in [0.05, 0.1) is 0 Å². The van der Waals surface area contributed by atoms with E-state index in [2.05, 4.69) is 17.5 Å². The van der Waals surface area contributed by atoms with E-state index in [4.69, 9.17) is 10.8 Å². The van der Waals surface area contributed by atoms with Crippen LogP contribution in [0.5, 0.6) is 0 Å². The molecule has 0 aliphatic heterocycles. The third-order valence-corrected chi connectivity index (χ3v) is 0.472. The maximum Gasteiger partial charge on any atom is 0.254 e. The molecule has 56 valence electrons. The Morgan fingerprint density at radius 2 is 2.00 bits per heavy atom. The number of hydrogen-bond donors (Lipinski definition) is 3. The van der Waals surface area contributed by atoms with E-state index in [1.807, 2.05) is 13.8 Å². The van der Waals surface area contributed by atoms with E-state index in [1.54, 1.807) is 0 Å². The third-order valence-electron chi connectivity index (χ3n) is 0.328. The zero-order valence-electron chi connectivity index (χ0n) is 5.85. The van der Waals surface area contributed by atoms with Crippen molar-refractivity contribution in [3.05, 3.63) is 0 Å². The van der Waals surface area contributed by atoms with Crippen molar-refractivity contribution in [1.29, 1.82) is 0 Å². The summed E-state index contributed by atoms with van der Waals surface area (Å²) in [5.41, 5.74) is 4.85. The van der Waals surface area contributed by atoms with E-state index in [0.29, 0.717) is 6.54 Å². The maximum atomic E-state index is 8.17. The van der Waals surface area contributed by atoms with Crippen LogP contribution in [0.4, 0.5) is 0 Å². The summed E-state index contributed by atoms with van der Waals surface area (Å²) in [5, 5.41) is 10.5. The number of aliphatic hydroxyl groups excluding tert-OH is 1. The van der Waals surface area contributed by atoms with Crippen LogP contribution >= 0.6 is 12.2 Å². The molecule has 0 aromatic heterocycles. The van der Waals surface area contributed by atoms with Crippen LogP contribution in [0.25, 0.3) is 0 Å². The molecular weight excluding hydrogens is 136 g/mol. The molecule has 0 heterocycles. The average Bonchev–Trinajstić information content (AvgIpc) is 1.67. The fourth-order valence-corrected chi connectivity index (χ4v) is 0.296. The van der Waals surface area contributed by atoms with Gasteiger partial charge in [-0.2, -0.15) is 0 Å². The van der Waals surface area contributed by atoms with E-state index in [-0.39, 0.29) is 5.17 Å². The highest BCUT2D eigenvalue weighted by Crippen LogP contribution is 1.56. The van der Waals surface area contributed by atoms with Crippen LogP contribution in [0.15, 0.2) is 0 Å². The number of aliphatic hydroxyl groups is 1. The first kappa shape index (κ1) is 11.4. The number of thiocarbonyl (C=S) groups is 1. The lowest BCUT2D eigenvalue weighted by molar-refractivity contribution is 0.535. The van der Waals surface area contributed by atoms with Gasteiger partial charge in [0.25, 0.3) is 5.17 Å². The molecule has 0 rings (SSSR count). The molecule has 0 aliphatic carbocycles. The Morgan fingerprint density at radius 3 is 2.00 bits per heavy atom. The first-order chi connectivity index (χ1) is 4.18. The molecule has 0 bridgehead atoms. The Morgan fingerprint density at radius 1 is 1.67 bits per heavy atom. The molecule has 0 atom stereocenters. The van der Waals surface area contributed by atoms with Crippen LogP contribution in [-0.2, 0) is 0 Å². The van der Waals surface area contributed by atoms with Crippen molar-refractivity contribution in [2.24, 2.45) is 5.73 Å². The Balaban J connectivity index is 0. The minimum absolute atomic E-state index is 0.127. The smallest absolute Gasteiger partial charge is 0.254 e. The van der Waals surface area contributed by atoms with Crippen molar-refractivity contribution in [1.82, 2.24) is 5.32 Å². The number of rotatable bonds is 1. The van der Waals surface area contributed by atoms with Crippen molar-refractivity contribution in [3.63, 3.8) is 0 Å². The van der Waals surface area contributed by atoms with Crippen LogP contribution in [0.2, 0.25) is 0 Å². The van der Waals surface area contributed by atoms with E-state index in [1.165, 1.54) is 0 Å². The fourth-order valence-electron chi connectivity index (χ4n) is 0.151. The molecule has 0 aromatic carbocycles. The monoisotopic (exact) mass is 150 g/mol. The Hall–Kier alpha value is -0.350. The van der Waals surface area contributed by atoms with Crippen molar-refractivity contribution in [2.75, 3.05) is 13.1 Å². The molecule has 0 spiro atoms. The van der Waals surface area contributed by atoms with Crippen molar-refractivity contribution >= 4 is 17.4 Å². The quantitative estimate of drug-likeness (QED) is 0.474. The van der Waals surface area contributed by atoms with E-state index in [9.17, 15) is 0 Å². The topological polar surface area (TPSA) is 58.3 Å². The second kappa shape index (κ2) is 10.6. The number of nitrogens with two attached hydrogens (primary N) is 1. The van der Waals surface area contributed by atoms with Gasteiger partial charge in [0.15, 0.2) is 0 Å². The molecule has 0 saturated heterocycles. The lowest BCUT2D eigenvalue weighted by atomic mass is 10.8. The fraction of sp³-hybridized carbons (Fsp3) is 0.800. The summed E-state index contributed by atoms with van der Waals surface area (Å²) in [6, 6.07) is 0. The largest absolute Gasteiger partial charge is 0.487 e. The highest BCUT2D eigenvalue weighted by Gasteiger charge is 1.77. The summed E-state index contributed by atoms with van der Waals surface area (Å²) in [6.45, 7) is 5.21. The average molecular weight is 150 g/mol. The predicted octanol–water partition coefficient (Wildman–Crippen LogP) is 0.404. The summed E-state index contributed by atoms with van der Waals surface area (Å²) in [7, 11) is 0. The van der Waals surface area contributed by atoms with Gasteiger partial charge in [-0.1, -0.05) is 6.92 Å². The summed E-state index contributed by atoms with van der Waals surface area (Å²) in [6.07, 6.45) is 0. The summed E-state index contributed by atoms with van der Waals surface area (Å²) in [5.74, 6) is 0. The number of hydrogen-bond acceptors (Lipinski definition) is 2. The summed E-state index contributed by atoms with van der Waals surface area (Å²) < 4.78 is 0. The van der Waals surface area contributed by atoms with Crippen molar-refractivity contribution in [3.8, 4) is 0 Å². The van der Waals surface area contributed by atoms with Gasteiger partial charge in [0.2, 0.25) is 0 Å². The lowest BCUT2D eigenvalue weighted by Crippen LogP contribution is -2.18. The minimum Gasteiger partial charge on any atom is -0.487 e. The molecule has 0 aromatic rings. The summed E-state index contributed by atoms with van der Waals surface area (Å²) >= 11 is 4.24. The van der Waals surface area contributed by atoms with Crippen molar-refractivity contribution in [2.45, 2.75) is 13.8 Å². The summed E-state index contributed by atoms with van der Waals surface area (Å²) in [4.78, 5) is 0. The molecule has 0 unspecified atom stereocenters. The standard InChI is InChI=1S/C3H7NOS.C2H7N/c1-2-4-3(5)6;1-2-3/h2H2,1H3,(H2,4,5,6);2-3H2,1H3. The molecular formula is C5H14N2OS. The Bertz CT molecular complexity index is 68.0. The third kappa shape index (κ3) is 34.8. The molecule has 9 heavy (non-hydrogen) atoms. The normalized spacial score (nSPS) is 7.00. The van der Waals surface area contributed by atoms with Gasteiger partial charge >= 0.3 is 0 Å². The van der Waals surface area contributed by atoms with E-state index in [0.717, 1.165) is 6.54 Å². The molecule has 0 fully saturated rings. The maximum absolute atomic E-state index is 8.17. The lowest BCUT2D eigenvalue weighted by Gasteiger charge is -1.91. The van der Waals surface area contributed by atoms with Crippen LogP contribution in [0.3, 0.4) is 0 Å². The van der Waals surface area contributed by atoms with Crippen molar-refractivity contribution < 1.29 is 5.11 Å². The highest BCUT2D eigenvalue weighted by atomic mass is 32.1.